The van der Waals surface area contributed by atoms with Crippen LogP contribution < -0.4 is 10.2 Å². The molecule has 1 aliphatic rings. The van der Waals surface area contributed by atoms with Gasteiger partial charge < -0.3 is 10.2 Å². The van der Waals surface area contributed by atoms with E-state index in [-0.39, 0.29) is 5.91 Å². The molecule has 1 N–H and O–H groups in total. The SMILES string of the molecule is CCc1ncsc1C(=O)Nc1ccc(N2CCCC2)nc1. The number of hydrogen-bond acceptors (Lipinski definition) is 5. The van der Waals surface area contributed by atoms with Crippen LogP contribution in [0.15, 0.2) is 23.8 Å². The van der Waals surface area contributed by atoms with Gasteiger partial charge in [-0.15, -0.1) is 11.3 Å². The van der Waals surface area contributed by atoms with Crippen molar-refractivity contribution in [1.29, 1.82) is 0 Å². The quantitative estimate of drug-likeness (QED) is 0.943. The van der Waals surface area contributed by atoms with Gasteiger partial charge in [0.05, 0.1) is 23.1 Å². The molecule has 0 saturated carbocycles. The molecule has 1 fully saturated rings. The monoisotopic (exact) mass is 302 g/mol. The third kappa shape index (κ3) is 3.05. The normalized spacial score (nSPS) is 14.4. The zero-order valence-corrected chi connectivity index (χ0v) is 12.8. The fraction of sp³-hybridized carbons (Fsp3) is 0.400. The first-order valence-corrected chi connectivity index (χ1v) is 8.10. The lowest BCUT2D eigenvalue weighted by Gasteiger charge is -2.16. The Bertz CT molecular complexity index is 617. The van der Waals surface area contributed by atoms with Crippen molar-refractivity contribution >= 4 is 28.7 Å². The number of rotatable bonds is 4. The van der Waals surface area contributed by atoms with Crippen LogP contribution in [0.2, 0.25) is 0 Å². The van der Waals surface area contributed by atoms with Gasteiger partial charge in [0.2, 0.25) is 0 Å². The largest absolute Gasteiger partial charge is 0.357 e. The van der Waals surface area contributed by atoms with Crippen molar-refractivity contribution in [2.75, 3.05) is 23.3 Å². The van der Waals surface area contributed by atoms with E-state index in [1.54, 1.807) is 11.7 Å². The summed E-state index contributed by atoms with van der Waals surface area (Å²) in [5, 5.41) is 2.89. The number of carbonyl (C=O) groups is 1. The molecule has 0 radical (unpaired) electrons. The lowest BCUT2D eigenvalue weighted by Crippen LogP contribution is -2.19. The molecule has 5 nitrogen and oxygen atoms in total. The van der Waals surface area contributed by atoms with E-state index in [2.05, 4.69) is 20.2 Å². The highest BCUT2D eigenvalue weighted by molar-refractivity contribution is 7.12. The van der Waals surface area contributed by atoms with Gasteiger partial charge in [0.15, 0.2) is 0 Å². The molecule has 110 valence electrons. The van der Waals surface area contributed by atoms with Gasteiger partial charge in [-0.1, -0.05) is 6.92 Å². The molecule has 2 aromatic heterocycles. The highest BCUT2D eigenvalue weighted by atomic mass is 32.1. The summed E-state index contributed by atoms with van der Waals surface area (Å²) >= 11 is 1.37. The zero-order chi connectivity index (χ0) is 14.7. The van der Waals surface area contributed by atoms with E-state index in [0.717, 1.165) is 36.7 Å². The molecule has 0 aliphatic carbocycles. The standard InChI is InChI=1S/C15H18N4OS/c1-2-12-14(21-10-17-12)15(20)18-11-5-6-13(16-9-11)19-7-3-4-8-19/h5-6,9-10H,2-4,7-8H2,1H3,(H,18,20). The summed E-state index contributed by atoms with van der Waals surface area (Å²) in [7, 11) is 0. The van der Waals surface area contributed by atoms with Crippen LogP contribution >= 0.6 is 11.3 Å². The van der Waals surface area contributed by atoms with E-state index in [1.165, 1.54) is 24.2 Å². The van der Waals surface area contributed by atoms with E-state index in [1.807, 2.05) is 19.1 Å². The Labute approximate surface area is 128 Å². The molecule has 0 atom stereocenters. The number of thiazole rings is 1. The first-order valence-electron chi connectivity index (χ1n) is 7.22. The van der Waals surface area contributed by atoms with Gasteiger partial charge in [0, 0.05) is 13.1 Å². The molecule has 3 heterocycles. The Morgan fingerprint density at radius 3 is 2.81 bits per heavy atom. The maximum absolute atomic E-state index is 12.2. The molecular formula is C15H18N4OS. The van der Waals surface area contributed by atoms with Gasteiger partial charge in [-0.3, -0.25) is 4.79 Å². The van der Waals surface area contributed by atoms with Crippen LogP contribution in [0.3, 0.4) is 0 Å². The second kappa shape index (κ2) is 6.22. The maximum atomic E-state index is 12.2. The van der Waals surface area contributed by atoms with Crippen LogP contribution in [-0.2, 0) is 6.42 Å². The van der Waals surface area contributed by atoms with Crippen molar-refractivity contribution in [2.24, 2.45) is 0 Å². The molecule has 6 heteroatoms. The first kappa shape index (κ1) is 14.0. The molecule has 1 saturated heterocycles. The fourth-order valence-corrected chi connectivity index (χ4v) is 3.26. The van der Waals surface area contributed by atoms with Crippen molar-refractivity contribution in [3.05, 3.63) is 34.4 Å². The van der Waals surface area contributed by atoms with Gasteiger partial charge in [-0.25, -0.2) is 9.97 Å². The summed E-state index contributed by atoms with van der Waals surface area (Å²) in [6.07, 6.45) is 4.94. The highest BCUT2D eigenvalue weighted by Crippen LogP contribution is 2.20. The van der Waals surface area contributed by atoms with Crippen LogP contribution in [-0.4, -0.2) is 29.0 Å². The molecule has 0 unspecified atom stereocenters. The highest BCUT2D eigenvalue weighted by Gasteiger charge is 2.15. The summed E-state index contributed by atoms with van der Waals surface area (Å²) < 4.78 is 0. The van der Waals surface area contributed by atoms with Crippen molar-refractivity contribution < 1.29 is 4.79 Å². The fourth-order valence-electron chi connectivity index (χ4n) is 2.49. The Morgan fingerprint density at radius 2 is 2.14 bits per heavy atom. The molecule has 1 aliphatic heterocycles. The molecule has 21 heavy (non-hydrogen) atoms. The van der Waals surface area contributed by atoms with Crippen molar-refractivity contribution in [1.82, 2.24) is 9.97 Å². The second-order valence-corrected chi connectivity index (χ2v) is 5.89. The van der Waals surface area contributed by atoms with E-state index >= 15 is 0 Å². The number of anilines is 2. The molecule has 2 aromatic rings. The van der Waals surface area contributed by atoms with Crippen LogP contribution in [0.1, 0.15) is 35.1 Å². The Morgan fingerprint density at radius 1 is 1.33 bits per heavy atom. The van der Waals surface area contributed by atoms with Gasteiger partial charge in [0.1, 0.15) is 10.7 Å². The number of aromatic nitrogens is 2. The van der Waals surface area contributed by atoms with E-state index in [0.29, 0.717) is 4.88 Å². The zero-order valence-electron chi connectivity index (χ0n) is 12.0. The lowest BCUT2D eigenvalue weighted by atomic mass is 10.3. The molecule has 3 rings (SSSR count). The van der Waals surface area contributed by atoms with Crippen molar-refractivity contribution in [2.45, 2.75) is 26.2 Å². The minimum absolute atomic E-state index is 0.106. The minimum Gasteiger partial charge on any atom is -0.357 e. The van der Waals surface area contributed by atoms with Gasteiger partial charge in [-0.2, -0.15) is 0 Å². The minimum atomic E-state index is -0.106. The average Bonchev–Trinajstić information content (AvgIpc) is 3.19. The third-order valence-electron chi connectivity index (χ3n) is 3.62. The summed E-state index contributed by atoms with van der Waals surface area (Å²) in [5.41, 5.74) is 3.28. The topological polar surface area (TPSA) is 58.1 Å². The number of amides is 1. The summed E-state index contributed by atoms with van der Waals surface area (Å²) in [6, 6.07) is 3.87. The Hall–Kier alpha value is -1.95. The maximum Gasteiger partial charge on any atom is 0.267 e. The van der Waals surface area contributed by atoms with Gasteiger partial charge in [0.25, 0.3) is 5.91 Å². The summed E-state index contributed by atoms with van der Waals surface area (Å²) in [6.45, 7) is 4.14. The first-order chi connectivity index (χ1) is 10.3. The number of hydrogen-bond donors (Lipinski definition) is 1. The third-order valence-corrected chi connectivity index (χ3v) is 4.49. The van der Waals surface area contributed by atoms with E-state index < -0.39 is 0 Å². The molecule has 0 spiro atoms. The van der Waals surface area contributed by atoms with Crippen LogP contribution in [0, 0.1) is 0 Å². The summed E-state index contributed by atoms with van der Waals surface area (Å²) in [4.78, 5) is 23.8. The predicted molar refractivity (Wildman–Crippen MR) is 85.1 cm³/mol. The molecule has 0 bridgehead atoms. The number of nitrogens with zero attached hydrogens (tertiary/aromatic N) is 3. The molecule has 0 aromatic carbocycles. The smallest absolute Gasteiger partial charge is 0.267 e. The van der Waals surface area contributed by atoms with E-state index in [4.69, 9.17) is 0 Å². The van der Waals surface area contributed by atoms with Crippen molar-refractivity contribution in [3.63, 3.8) is 0 Å². The number of carbonyl (C=O) groups excluding carboxylic acids is 1. The van der Waals surface area contributed by atoms with Crippen LogP contribution in [0.5, 0.6) is 0 Å². The molecule has 1 amide bonds. The van der Waals surface area contributed by atoms with Gasteiger partial charge in [-0.05, 0) is 31.4 Å². The lowest BCUT2D eigenvalue weighted by molar-refractivity contribution is 0.102. The molecular weight excluding hydrogens is 284 g/mol. The van der Waals surface area contributed by atoms with Crippen LogP contribution in [0.4, 0.5) is 11.5 Å². The Kier molecular flexibility index (Phi) is 4.15. The van der Waals surface area contributed by atoms with Gasteiger partial charge >= 0.3 is 0 Å². The average molecular weight is 302 g/mol. The Balaban J connectivity index is 1.68. The second-order valence-electron chi connectivity index (χ2n) is 5.04. The predicted octanol–water partition coefficient (Wildman–Crippen LogP) is 2.95. The van der Waals surface area contributed by atoms with Crippen LogP contribution in [0.25, 0.3) is 0 Å². The van der Waals surface area contributed by atoms with Crippen molar-refractivity contribution in [3.8, 4) is 0 Å². The van der Waals surface area contributed by atoms with E-state index in [9.17, 15) is 4.79 Å². The number of nitrogens with one attached hydrogen (secondary N) is 1. The number of aryl methyl sites for hydroxylation is 1. The number of pyridine rings is 1. The summed E-state index contributed by atoms with van der Waals surface area (Å²) in [5.74, 6) is 0.877.